The largest absolute Gasteiger partial charge is 0.453 e. The maximum Gasteiger partial charge on any atom is 0.188 e. The number of rotatable bonds is 9. The number of hydrogen-bond donors (Lipinski definition) is 1. The first-order chi connectivity index (χ1) is 13.1. The zero-order valence-electron chi connectivity index (χ0n) is 16.9. The highest BCUT2D eigenvalue weighted by Gasteiger charge is 2.11. The first kappa shape index (κ1) is 25.2. The van der Waals surface area contributed by atoms with E-state index < -0.39 is 0 Å². The van der Waals surface area contributed by atoms with Gasteiger partial charge in [0.05, 0.1) is 5.69 Å². The van der Waals surface area contributed by atoms with Gasteiger partial charge in [0, 0.05) is 11.6 Å². The topological polar surface area (TPSA) is 50.3 Å². The van der Waals surface area contributed by atoms with Crippen molar-refractivity contribution in [2.75, 3.05) is 26.0 Å². The highest BCUT2D eigenvalue weighted by molar-refractivity contribution is 7.13. The maximum atomic E-state index is 6.12. The molecule has 0 fully saturated rings. The molecule has 29 heavy (non-hydrogen) atoms. The fourth-order valence-electron chi connectivity index (χ4n) is 2.68. The SMILES string of the molecule is Cc1csc(Nc2ncc(CCCCN(C)C)cc2Oc2ccccc2)n1.Cl.Cl. The van der Waals surface area contributed by atoms with Crippen molar-refractivity contribution in [1.82, 2.24) is 14.9 Å². The summed E-state index contributed by atoms with van der Waals surface area (Å²) in [4.78, 5) is 11.3. The second kappa shape index (κ2) is 12.6. The quantitative estimate of drug-likeness (QED) is 0.395. The smallest absolute Gasteiger partial charge is 0.188 e. The van der Waals surface area contributed by atoms with Crippen molar-refractivity contribution in [1.29, 1.82) is 0 Å². The lowest BCUT2D eigenvalue weighted by Crippen LogP contribution is -2.12. The number of benzene rings is 1. The summed E-state index contributed by atoms with van der Waals surface area (Å²) >= 11 is 1.56. The summed E-state index contributed by atoms with van der Waals surface area (Å²) in [6.45, 7) is 3.08. The van der Waals surface area contributed by atoms with Gasteiger partial charge >= 0.3 is 0 Å². The van der Waals surface area contributed by atoms with Crippen LogP contribution in [0.3, 0.4) is 0 Å². The molecule has 2 aromatic heterocycles. The summed E-state index contributed by atoms with van der Waals surface area (Å²) in [7, 11) is 4.21. The van der Waals surface area contributed by atoms with E-state index in [9.17, 15) is 0 Å². The van der Waals surface area contributed by atoms with Crippen molar-refractivity contribution in [3.63, 3.8) is 0 Å². The van der Waals surface area contributed by atoms with Gasteiger partial charge in [0.25, 0.3) is 0 Å². The van der Waals surface area contributed by atoms with Gasteiger partial charge in [-0.15, -0.1) is 36.2 Å². The Kier molecular flexibility index (Phi) is 11.0. The molecule has 5 nitrogen and oxygen atoms in total. The molecule has 0 aliphatic heterocycles. The molecule has 0 bridgehead atoms. The summed E-state index contributed by atoms with van der Waals surface area (Å²) < 4.78 is 6.12. The Morgan fingerprint density at radius 1 is 1.10 bits per heavy atom. The molecule has 0 unspecified atom stereocenters. The molecule has 0 amide bonds. The van der Waals surface area contributed by atoms with E-state index in [-0.39, 0.29) is 24.8 Å². The molecule has 158 valence electrons. The van der Waals surface area contributed by atoms with E-state index >= 15 is 0 Å². The van der Waals surface area contributed by atoms with Crippen LogP contribution in [0.1, 0.15) is 24.1 Å². The highest BCUT2D eigenvalue weighted by atomic mass is 35.5. The molecule has 1 N–H and O–H groups in total. The van der Waals surface area contributed by atoms with Crippen molar-refractivity contribution in [2.24, 2.45) is 0 Å². The van der Waals surface area contributed by atoms with Gasteiger partial charge in [0.15, 0.2) is 16.7 Å². The zero-order chi connectivity index (χ0) is 19.1. The molecular formula is C21H28Cl2N4OS. The average Bonchev–Trinajstić information content (AvgIpc) is 3.06. The number of aromatic nitrogens is 2. The van der Waals surface area contributed by atoms with Gasteiger partial charge in [0.2, 0.25) is 0 Å². The number of thiazole rings is 1. The van der Waals surface area contributed by atoms with Gasteiger partial charge in [-0.05, 0) is 70.6 Å². The van der Waals surface area contributed by atoms with E-state index in [1.165, 1.54) is 12.0 Å². The van der Waals surface area contributed by atoms with Crippen LogP contribution < -0.4 is 10.1 Å². The minimum atomic E-state index is 0. The Hall–Kier alpha value is -1.86. The molecule has 3 rings (SSSR count). The monoisotopic (exact) mass is 454 g/mol. The van der Waals surface area contributed by atoms with E-state index in [0.717, 1.165) is 41.7 Å². The number of pyridine rings is 1. The Morgan fingerprint density at radius 2 is 1.86 bits per heavy atom. The third-order valence-corrected chi connectivity index (χ3v) is 4.92. The summed E-state index contributed by atoms with van der Waals surface area (Å²) in [5.41, 5.74) is 2.17. The van der Waals surface area contributed by atoms with E-state index in [0.29, 0.717) is 5.82 Å². The van der Waals surface area contributed by atoms with Crippen molar-refractivity contribution >= 4 is 47.1 Å². The van der Waals surface area contributed by atoms with Crippen LogP contribution >= 0.6 is 36.2 Å². The highest BCUT2D eigenvalue weighted by Crippen LogP contribution is 2.32. The molecule has 0 radical (unpaired) electrons. The maximum absolute atomic E-state index is 6.12. The van der Waals surface area contributed by atoms with E-state index in [4.69, 9.17) is 4.74 Å². The number of halogens is 2. The molecule has 3 aromatic rings. The third kappa shape index (κ3) is 8.19. The number of nitrogens with one attached hydrogen (secondary N) is 1. The Balaban J connectivity index is 0.00000210. The second-order valence-electron chi connectivity index (χ2n) is 6.78. The Labute approximate surface area is 189 Å². The van der Waals surface area contributed by atoms with E-state index in [2.05, 4.69) is 40.3 Å². The van der Waals surface area contributed by atoms with Crippen molar-refractivity contribution in [2.45, 2.75) is 26.2 Å². The predicted octanol–water partition coefficient (Wildman–Crippen LogP) is 6.11. The van der Waals surface area contributed by atoms with Gasteiger partial charge in [-0.3, -0.25) is 0 Å². The van der Waals surface area contributed by atoms with Gasteiger partial charge in [-0.1, -0.05) is 18.2 Å². The van der Waals surface area contributed by atoms with Gasteiger partial charge in [-0.2, -0.15) is 0 Å². The molecule has 0 saturated heterocycles. The first-order valence-electron chi connectivity index (χ1n) is 9.16. The fraction of sp³-hybridized carbons (Fsp3) is 0.333. The number of unbranched alkanes of at least 4 members (excludes halogenated alkanes) is 1. The first-order valence-corrected chi connectivity index (χ1v) is 10.0. The lowest BCUT2D eigenvalue weighted by Gasteiger charge is -2.13. The van der Waals surface area contributed by atoms with Gasteiger partial charge < -0.3 is 15.0 Å². The molecule has 2 heterocycles. The van der Waals surface area contributed by atoms with E-state index in [1.54, 1.807) is 11.3 Å². The summed E-state index contributed by atoms with van der Waals surface area (Å²) in [6, 6.07) is 11.9. The molecule has 8 heteroatoms. The number of hydrogen-bond acceptors (Lipinski definition) is 6. The third-order valence-electron chi connectivity index (χ3n) is 4.05. The number of ether oxygens (including phenoxy) is 1. The van der Waals surface area contributed by atoms with Crippen molar-refractivity contribution < 1.29 is 4.74 Å². The zero-order valence-corrected chi connectivity index (χ0v) is 19.4. The molecular weight excluding hydrogens is 427 g/mol. The molecule has 1 aromatic carbocycles. The Bertz CT molecular complexity index is 859. The summed E-state index contributed by atoms with van der Waals surface area (Å²) in [6.07, 6.45) is 5.21. The lowest BCUT2D eigenvalue weighted by molar-refractivity contribution is 0.394. The lowest BCUT2D eigenvalue weighted by atomic mass is 10.1. The van der Waals surface area contributed by atoms with Crippen molar-refractivity contribution in [3.8, 4) is 11.5 Å². The number of para-hydroxylation sites is 1. The molecule has 0 atom stereocenters. The van der Waals surface area contributed by atoms with Crippen LogP contribution in [0.5, 0.6) is 11.5 Å². The number of nitrogens with zero attached hydrogens (tertiary/aromatic N) is 3. The summed E-state index contributed by atoms with van der Waals surface area (Å²) in [5, 5.41) is 6.12. The minimum absolute atomic E-state index is 0. The van der Waals surface area contributed by atoms with Crippen LogP contribution in [0, 0.1) is 6.92 Å². The standard InChI is InChI=1S/C21H26N4OS.2ClH/c1-16-15-27-21(23-16)24-20-19(26-18-10-5-4-6-11-18)13-17(14-22-20)9-7-8-12-25(2)3;;/h4-6,10-11,13-15H,7-9,12H2,1-3H3,(H,22,23,24);2*1H. The van der Waals surface area contributed by atoms with Crippen LogP contribution in [0.25, 0.3) is 0 Å². The average molecular weight is 455 g/mol. The normalized spacial score (nSPS) is 10.2. The Morgan fingerprint density at radius 3 is 2.52 bits per heavy atom. The van der Waals surface area contributed by atoms with Crippen LogP contribution in [-0.4, -0.2) is 35.5 Å². The van der Waals surface area contributed by atoms with Crippen molar-refractivity contribution in [3.05, 3.63) is 59.2 Å². The van der Waals surface area contributed by atoms with Crippen LogP contribution in [-0.2, 0) is 6.42 Å². The molecule has 0 saturated carbocycles. The molecule has 0 aliphatic carbocycles. The van der Waals surface area contributed by atoms with Crippen LogP contribution in [0.2, 0.25) is 0 Å². The number of anilines is 2. The predicted molar refractivity (Wildman–Crippen MR) is 127 cm³/mol. The van der Waals surface area contributed by atoms with Gasteiger partial charge in [0.1, 0.15) is 5.75 Å². The van der Waals surface area contributed by atoms with Gasteiger partial charge in [-0.25, -0.2) is 9.97 Å². The molecule has 0 aliphatic rings. The minimum Gasteiger partial charge on any atom is -0.453 e. The van der Waals surface area contributed by atoms with Crippen LogP contribution in [0.15, 0.2) is 48.0 Å². The van der Waals surface area contributed by atoms with Crippen LogP contribution in [0.4, 0.5) is 10.9 Å². The second-order valence-corrected chi connectivity index (χ2v) is 7.64. The number of aryl methyl sites for hydroxylation is 2. The fourth-order valence-corrected chi connectivity index (χ4v) is 3.37. The summed E-state index contributed by atoms with van der Waals surface area (Å²) in [5.74, 6) is 2.20. The molecule has 0 spiro atoms. The van der Waals surface area contributed by atoms with E-state index in [1.807, 2.05) is 48.8 Å².